The number of aryl methyl sites for hydroxylation is 1. The summed E-state index contributed by atoms with van der Waals surface area (Å²) in [5.41, 5.74) is 1.42. The third-order valence-corrected chi connectivity index (χ3v) is 4.62. The molecule has 0 bridgehead atoms. The highest BCUT2D eigenvalue weighted by Crippen LogP contribution is 2.37. The third kappa shape index (κ3) is 4.35. The van der Waals surface area contributed by atoms with E-state index in [9.17, 15) is 22.8 Å². The highest BCUT2D eigenvalue weighted by Gasteiger charge is 2.42. The summed E-state index contributed by atoms with van der Waals surface area (Å²) in [4.78, 5) is 27.3. The average molecular weight is 360 g/mol. The summed E-state index contributed by atoms with van der Waals surface area (Å²) in [7, 11) is 0. The highest BCUT2D eigenvalue weighted by atomic mass is 19.4. The molecule has 0 aliphatic heterocycles. The number of hydrogen-bond donors (Lipinski definition) is 2. The van der Waals surface area contributed by atoms with Gasteiger partial charge >= 0.3 is 12.1 Å². The van der Waals surface area contributed by atoms with Gasteiger partial charge < -0.3 is 15.0 Å². The maximum atomic E-state index is 12.9. The highest BCUT2D eigenvalue weighted by molar-refractivity contribution is 6.00. The van der Waals surface area contributed by atoms with E-state index < -0.39 is 30.0 Å². The van der Waals surface area contributed by atoms with Gasteiger partial charge in [0.1, 0.15) is 5.69 Å². The van der Waals surface area contributed by atoms with E-state index in [0.717, 1.165) is 0 Å². The lowest BCUT2D eigenvalue weighted by Crippen LogP contribution is -2.41. The first-order chi connectivity index (χ1) is 11.6. The maximum absolute atomic E-state index is 12.9. The molecule has 2 unspecified atom stereocenters. The van der Waals surface area contributed by atoms with Gasteiger partial charge in [0.2, 0.25) is 0 Å². The number of ether oxygens (including phenoxy) is 1. The monoisotopic (exact) mass is 360 g/mol. The number of rotatable bonds is 4. The van der Waals surface area contributed by atoms with Crippen molar-refractivity contribution in [2.75, 3.05) is 6.61 Å². The minimum atomic E-state index is -4.24. The zero-order chi connectivity index (χ0) is 18.8. The molecule has 25 heavy (non-hydrogen) atoms. The van der Waals surface area contributed by atoms with Crippen molar-refractivity contribution < 1.29 is 27.5 Å². The molecule has 1 aliphatic carbocycles. The van der Waals surface area contributed by atoms with Crippen molar-refractivity contribution in [2.45, 2.75) is 58.7 Å². The molecule has 140 valence electrons. The Kier molecular flexibility index (Phi) is 5.80. The van der Waals surface area contributed by atoms with Crippen molar-refractivity contribution >= 4 is 11.9 Å². The van der Waals surface area contributed by atoms with Gasteiger partial charge in [-0.2, -0.15) is 13.2 Å². The van der Waals surface area contributed by atoms with E-state index in [0.29, 0.717) is 29.7 Å². The molecule has 2 N–H and O–H groups in total. The van der Waals surface area contributed by atoms with Crippen molar-refractivity contribution in [3.05, 3.63) is 22.5 Å². The number of esters is 1. The molecule has 2 rings (SSSR count). The summed E-state index contributed by atoms with van der Waals surface area (Å²) in [5.74, 6) is -2.40. The lowest BCUT2D eigenvalue weighted by molar-refractivity contribution is -0.183. The second kappa shape index (κ2) is 7.49. The fraction of sp³-hybridized carbons (Fsp3) is 0.647. The summed E-state index contributed by atoms with van der Waals surface area (Å²) in [6, 6.07) is -0.526. The van der Waals surface area contributed by atoms with Gasteiger partial charge in [-0.1, -0.05) is 6.42 Å². The summed E-state index contributed by atoms with van der Waals surface area (Å²) in [6.45, 7) is 5.16. The predicted octanol–water partition coefficient (Wildman–Crippen LogP) is 3.66. The number of halogens is 3. The van der Waals surface area contributed by atoms with Crippen LogP contribution in [0.4, 0.5) is 13.2 Å². The van der Waals surface area contributed by atoms with E-state index in [1.807, 2.05) is 0 Å². The Bertz CT molecular complexity index is 652. The van der Waals surface area contributed by atoms with Gasteiger partial charge in [0.15, 0.2) is 0 Å². The number of H-pyrrole nitrogens is 1. The molecule has 5 nitrogen and oxygen atoms in total. The Morgan fingerprint density at radius 1 is 1.28 bits per heavy atom. The molecule has 0 radical (unpaired) electrons. The van der Waals surface area contributed by atoms with Crippen LogP contribution in [-0.2, 0) is 4.74 Å². The van der Waals surface area contributed by atoms with Crippen molar-refractivity contribution in [1.82, 2.24) is 10.3 Å². The molecular weight excluding hydrogens is 337 g/mol. The molecule has 1 saturated carbocycles. The summed E-state index contributed by atoms with van der Waals surface area (Å²) in [6.07, 6.45) is -3.31. The second-order valence-electron chi connectivity index (χ2n) is 6.42. The molecular formula is C17H23F3N2O3. The summed E-state index contributed by atoms with van der Waals surface area (Å²) >= 11 is 0. The van der Waals surface area contributed by atoms with E-state index >= 15 is 0 Å². The molecule has 1 aromatic heterocycles. The van der Waals surface area contributed by atoms with E-state index in [4.69, 9.17) is 4.74 Å². The first-order valence-electron chi connectivity index (χ1n) is 8.39. The van der Waals surface area contributed by atoms with Crippen molar-refractivity contribution in [3.8, 4) is 0 Å². The smallest absolute Gasteiger partial charge is 0.391 e. The molecule has 1 amide bonds. The van der Waals surface area contributed by atoms with Crippen molar-refractivity contribution in [2.24, 2.45) is 5.92 Å². The van der Waals surface area contributed by atoms with Gasteiger partial charge in [-0.3, -0.25) is 4.79 Å². The van der Waals surface area contributed by atoms with Crippen LogP contribution in [-0.4, -0.2) is 35.7 Å². The number of carbonyl (C=O) groups excluding carboxylic acids is 2. The van der Waals surface area contributed by atoms with Crippen LogP contribution < -0.4 is 5.32 Å². The normalized spacial score (nSPS) is 21.0. The van der Waals surface area contributed by atoms with Gasteiger partial charge in [0.25, 0.3) is 5.91 Å². The molecule has 1 fully saturated rings. The Labute approximate surface area is 144 Å². The lowest BCUT2D eigenvalue weighted by Gasteiger charge is -2.31. The molecule has 0 aromatic carbocycles. The van der Waals surface area contributed by atoms with Gasteiger partial charge in [-0.05, 0) is 45.6 Å². The number of alkyl halides is 3. The van der Waals surface area contributed by atoms with E-state index in [1.54, 1.807) is 20.8 Å². The van der Waals surface area contributed by atoms with Gasteiger partial charge in [-0.15, -0.1) is 0 Å². The number of nitrogens with one attached hydrogen (secondary N) is 2. The molecule has 8 heteroatoms. The number of carbonyl (C=O) groups is 2. The SMILES string of the molecule is CCOC(=O)c1c(C)[nH]c(C(=O)NC2CCCC(C(F)(F)F)C2)c1C. The topological polar surface area (TPSA) is 71.2 Å². The average Bonchev–Trinajstić information content (AvgIpc) is 2.82. The van der Waals surface area contributed by atoms with Crippen LogP contribution in [0.25, 0.3) is 0 Å². The Hall–Kier alpha value is -1.99. The van der Waals surface area contributed by atoms with Gasteiger partial charge in [-0.25, -0.2) is 4.79 Å². The van der Waals surface area contributed by atoms with E-state index in [1.165, 1.54) is 0 Å². The molecule has 0 saturated heterocycles. The minimum Gasteiger partial charge on any atom is -0.462 e. The standard InChI is InChI=1S/C17H23F3N2O3/c1-4-25-16(24)13-9(2)14(21-10(13)3)15(23)22-12-7-5-6-11(8-12)17(18,19)20/h11-12,21H,4-8H2,1-3H3,(H,22,23). The number of amides is 1. The fourth-order valence-electron chi connectivity index (χ4n) is 3.36. The number of aromatic amines is 1. The summed E-state index contributed by atoms with van der Waals surface area (Å²) in [5, 5.41) is 2.67. The van der Waals surface area contributed by atoms with Gasteiger partial charge in [0, 0.05) is 11.7 Å². The van der Waals surface area contributed by atoms with Crippen LogP contribution in [0.15, 0.2) is 0 Å². The zero-order valence-electron chi connectivity index (χ0n) is 14.5. The lowest BCUT2D eigenvalue weighted by atomic mass is 9.85. The molecule has 1 aromatic rings. The number of hydrogen-bond acceptors (Lipinski definition) is 3. The first kappa shape index (κ1) is 19.3. The largest absolute Gasteiger partial charge is 0.462 e. The first-order valence-corrected chi connectivity index (χ1v) is 8.39. The van der Waals surface area contributed by atoms with Crippen LogP contribution in [0.3, 0.4) is 0 Å². The maximum Gasteiger partial charge on any atom is 0.391 e. The third-order valence-electron chi connectivity index (χ3n) is 4.62. The fourth-order valence-corrected chi connectivity index (χ4v) is 3.36. The van der Waals surface area contributed by atoms with Crippen molar-refractivity contribution in [1.29, 1.82) is 0 Å². The predicted molar refractivity (Wildman–Crippen MR) is 85.5 cm³/mol. The van der Waals surface area contributed by atoms with Crippen LogP contribution in [0.1, 0.15) is 64.7 Å². The quantitative estimate of drug-likeness (QED) is 0.805. The van der Waals surface area contributed by atoms with Crippen LogP contribution in [0.5, 0.6) is 0 Å². The molecule has 1 aliphatic rings. The van der Waals surface area contributed by atoms with Gasteiger partial charge in [0.05, 0.1) is 18.1 Å². The molecule has 1 heterocycles. The molecule has 2 atom stereocenters. The Morgan fingerprint density at radius 3 is 2.56 bits per heavy atom. The molecule has 0 spiro atoms. The zero-order valence-corrected chi connectivity index (χ0v) is 14.5. The Morgan fingerprint density at radius 2 is 1.96 bits per heavy atom. The van der Waals surface area contributed by atoms with Crippen LogP contribution >= 0.6 is 0 Å². The summed E-state index contributed by atoms with van der Waals surface area (Å²) < 4.78 is 43.6. The van der Waals surface area contributed by atoms with E-state index in [-0.39, 0.29) is 25.1 Å². The minimum absolute atomic E-state index is 0.101. The van der Waals surface area contributed by atoms with Crippen LogP contribution in [0.2, 0.25) is 0 Å². The number of aromatic nitrogens is 1. The van der Waals surface area contributed by atoms with Crippen molar-refractivity contribution in [3.63, 3.8) is 0 Å². The van der Waals surface area contributed by atoms with Crippen LogP contribution in [0, 0.1) is 19.8 Å². The Balaban J connectivity index is 2.11. The van der Waals surface area contributed by atoms with E-state index in [2.05, 4.69) is 10.3 Å². The second-order valence-corrected chi connectivity index (χ2v) is 6.42.